The zero-order chi connectivity index (χ0) is 16.9. The van der Waals surface area contributed by atoms with Crippen LogP contribution < -0.4 is 4.74 Å². The molecule has 1 fully saturated rings. The van der Waals surface area contributed by atoms with Gasteiger partial charge < -0.3 is 9.84 Å². The van der Waals surface area contributed by atoms with Crippen LogP contribution in [0.25, 0.3) is 12.2 Å². The lowest BCUT2D eigenvalue weighted by Gasteiger charge is -2.16. The fraction of sp³-hybridized carbons (Fsp3) is 0.190. The Morgan fingerprint density at radius 1 is 0.958 bits per heavy atom. The lowest BCUT2D eigenvalue weighted by atomic mass is 9.87. The van der Waals surface area contributed by atoms with E-state index in [4.69, 9.17) is 4.74 Å². The number of hydrogen-bond acceptors (Lipinski definition) is 3. The summed E-state index contributed by atoms with van der Waals surface area (Å²) in [5.41, 5.74) is 3.43. The fourth-order valence-corrected chi connectivity index (χ4v) is 2.93. The summed E-state index contributed by atoms with van der Waals surface area (Å²) in [7, 11) is 1.63. The summed E-state index contributed by atoms with van der Waals surface area (Å²) >= 11 is 0. The van der Waals surface area contributed by atoms with E-state index < -0.39 is 0 Å². The summed E-state index contributed by atoms with van der Waals surface area (Å²) in [5, 5.41) is 9.57. The topological polar surface area (TPSA) is 46.5 Å². The standard InChI is InChI=1S/C21H20O3/c1-24-20-10-3-6-16(14-20)12-18-8-4-7-17(21(18)23)11-15-5-2-9-19(22)13-15/h2-3,5-6,9-14,22H,4,7-8H2,1H3/b17-11+,18-12+. The molecule has 0 bridgehead atoms. The highest BCUT2D eigenvalue weighted by atomic mass is 16.5. The Kier molecular flexibility index (Phi) is 4.80. The molecule has 3 nitrogen and oxygen atoms in total. The van der Waals surface area contributed by atoms with E-state index in [2.05, 4.69) is 0 Å². The Morgan fingerprint density at radius 2 is 1.58 bits per heavy atom. The minimum absolute atomic E-state index is 0.0902. The van der Waals surface area contributed by atoms with Crippen molar-refractivity contribution in [3.8, 4) is 11.5 Å². The maximum Gasteiger partial charge on any atom is 0.185 e. The average Bonchev–Trinajstić information content (AvgIpc) is 2.59. The van der Waals surface area contributed by atoms with E-state index in [1.54, 1.807) is 25.3 Å². The second-order valence-electron chi connectivity index (χ2n) is 5.89. The third-order valence-electron chi connectivity index (χ3n) is 4.12. The SMILES string of the molecule is COc1cccc(/C=C2\CCC/C(=C\c3cccc(O)c3)C2=O)c1. The highest BCUT2D eigenvalue weighted by molar-refractivity contribution is 6.13. The van der Waals surface area contributed by atoms with Crippen molar-refractivity contribution in [2.45, 2.75) is 19.3 Å². The van der Waals surface area contributed by atoms with Gasteiger partial charge in [0, 0.05) is 11.1 Å². The molecule has 3 rings (SSSR count). The number of carbonyl (C=O) groups is 1. The number of methoxy groups -OCH3 is 1. The summed E-state index contributed by atoms with van der Waals surface area (Å²) in [6.45, 7) is 0. The number of allylic oxidation sites excluding steroid dienone is 2. The number of phenols is 1. The summed E-state index contributed by atoms with van der Waals surface area (Å²) in [5.74, 6) is 1.08. The van der Waals surface area contributed by atoms with Gasteiger partial charge in [-0.25, -0.2) is 0 Å². The Balaban J connectivity index is 1.88. The van der Waals surface area contributed by atoms with E-state index in [0.717, 1.165) is 47.3 Å². The molecule has 0 radical (unpaired) electrons. The number of ketones is 1. The molecule has 0 amide bonds. The molecule has 1 aliphatic rings. The van der Waals surface area contributed by atoms with Crippen LogP contribution in [-0.2, 0) is 4.79 Å². The molecule has 0 spiro atoms. The van der Waals surface area contributed by atoms with Crippen LogP contribution in [0.1, 0.15) is 30.4 Å². The van der Waals surface area contributed by atoms with Crippen LogP contribution >= 0.6 is 0 Å². The van der Waals surface area contributed by atoms with E-state index in [0.29, 0.717) is 0 Å². The Labute approximate surface area is 141 Å². The number of phenolic OH excluding ortho intramolecular Hbond substituents is 1. The Hall–Kier alpha value is -2.81. The van der Waals surface area contributed by atoms with E-state index in [1.807, 2.05) is 42.5 Å². The number of rotatable bonds is 3. The van der Waals surface area contributed by atoms with Crippen LogP contribution in [0.4, 0.5) is 0 Å². The Morgan fingerprint density at radius 3 is 2.21 bits per heavy atom. The first kappa shape index (κ1) is 16.1. The van der Waals surface area contributed by atoms with E-state index in [1.165, 1.54) is 0 Å². The molecular weight excluding hydrogens is 300 g/mol. The molecule has 0 saturated heterocycles. The largest absolute Gasteiger partial charge is 0.508 e. The number of carbonyl (C=O) groups excluding carboxylic acids is 1. The lowest BCUT2D eigenvalue weighted by Crippen LogP contribution is -2.12. The number of benzene rings is 2. The van der Waals surface area contributed by atoms with Crippen molar-refractivity contribution in [2.75, 3.05) is 7.11 Å². The second-order valence-corrected chi connectivity index (χ2v) is 5.89. The minimum Gasteiger partial charge on any atom is -0.508 e. The minimum atomic E-state index is 0.0902. The smallest absolute Gasteiger partial charge is 0.185 e. The molecule has 1 saturated carbocycles. The van der Waals surface area contributed by atoms with Crippen LogP contribution in [-0.4, -0.2) is 18.0 Å². The van der Waals surface area contributed by atoms with Gasteiger partial charge in [-0.15, -0.1) is 0 Å². The highest BCUT2D eigenvalue weighted by Crippen LogP contribution is 2.29. The van der Waals surface area contributed by atoms with Gasteiger partial charge in [0.1, 0.15) is 11.5 Å². The van der Waals surface area contributed by atoms with Gasteiger partial charge in [0.05, 0.1) is 7.11 Å². The monoisotopic (exact) mass is 320 g/mol. The van der Waals surface area contributed by atoms with Crippen molar-refractivity contribution >= 4 is 17.9 Å². The molecule has 2 aromatic rings. The third kappa shape index (κ3) is 3.74. The molecule has 1 N–H and O–H groups in total. The van der Waals surface area contributed by atoms with Crippen molar-refractivity contribution in [1.29, 1.82) is 0 Å². The van der Waals surface area contributed by atoms with Gasteiger partial charge in [0.15, 0.2) is 5.78 Å². The first-order valence-electron chi connectivity index (χ1n) is 8.04. The second kappa shape index (κ2) is 7.18. The van der Waals surface area contributed by atoms with Crippen molar-refractivity contribution in [3.63, 3.8) is 0 Å². The van der Waals surface area contributed by atoms with Crippen LogP contribution in [0, 0.1) is 0 Å². The quantitative estimate of drug-likeness (QED) is 0.839. The zero-order valence-corrected chi connectivity index (χ0v) is 13.7. The van der Waals surface area contributed by atoms with Crippen LogP contribution in [0.3, 0.4) is 0 Å². The molecule has 1 aliphatic carbocycles. The van der Waals surface area contributed by atoms with E-state index >= 15 is 0 Å². The van der Waals surface area contributed by atoms with Crippen molar-refractivity contribution < 1.29 is 14.6 Å². The summed E-state index contributed by atoms with van der Waals surface area (Å²) in [6, 6.07) is 14.7. The van der Waals surface area contributed by atoms with Crippen molar-refractivity contribution in [3.05, 3.63) is 70.8 Å². The third-order valence-corrected chi connectivity index (χ3v) is 4.12. The van der Waals surface area contributed by atoms with Crippen LogP contribution in [0.2, 0.25) is 0 Å². The number of ether oxygens (including phenoxy) is 1. The van der Waals surface area contributed by atoms with Crippen LogP contribution in [0.5, 0.6) is 11.5 Å². The zero-order valence-electron chi connectivity index (χ0n) is 13.7. The normalized spacial score (nSPS) is 18.1. The molecule has 0 unspecified atom stereocenters. The molecule has 3 heteroatoms. The molecule has 122 valence electrons. The summed E-state index contributed by atoms with van der Waals surface area (Å²) in [6.07, 6.45) is 6.32. The van der Waals surface area contributed by atoms with Gasteiger partial charge in [0.25, 0.3) is 0 Å². The summed E-state index contributed by atoms with van der Waals surface area (Å²) in [4.78, 5) is 12.7. The molecule has 0 heterocycles. The lowest BCUT2D eigenvalue weighted by molar-refractivity contribution is -0.112. The molecule has 24 heavy (non-hydrogen) atoms. The first-order valence-corrected chi connectivity index (χ1v) is 8.04. The van der Waals surface area contributed by atoms with Gasteiger partial charge in [-0.05, 0) is 66.8 Å². The van der Waals surface area contributed by atoms with Gasteiger partial charge >= 0.3 is 0 Å². The maximum atomic E-state index is 12.7. The predicted molar refractivity (Wildman–Crippen MR) is 95.9 cm³/mol. The number of aromatic hydroxyl groups is 1. The molecular formula is C21H20O3. The van der Waals surface area contributed by atoms with E-state index in [9.17, 15) is 9.90 Å². The van der Waals surface area contributed by atoms with E-state index in [-0.39, 0.29) is 11.5 Å². The fourth-order valence-electron chi connectivity index (χ4n) is 2.93. The number of Topliss-reactive ketones (excluding diaryl/α,β-unsaturated/α-hetero) is 1. The van der Waals surface area contributed by atoms with Crippen LogP contribution in [0.15, 0.2) is 59.7 Å². The van der Waals surface area contributed by atoms with Gasteiger partial charge in [-0.2, -0.15) is 0 Å². The average molecular weight is 320 g/mol. The first-order chi connectivity index (χ1) is 11.7. The summed E-state index contributed by atoms with van der Waals surface area (Å²) < 4.78 is 5.23. The molecule has 2 aromatic carbocycles. The van der Waals surface area contributed by atoms with Crippen molar-refractivity contribution in [1.82, 2.24) is 0 Å². The Bertz CT molecular complexity index is 815. The van der Waals surface area contributed by atoms with Gasteiger partial charge in [-0.1, -0.05) is 24.3 Å². The maximum absolute atomic E-state index is 12.7. The molecule has 0 aliphatic heterocycles. The van der Waals surface area contributed by atoms with Gasteiger partial charge in [-0.3, -0.25) is 4.79 Å². The predicted octanol–water partition coefficient (Wildman–Crippen LogP) is 4.62. The number of hydrogen-bond donors (Lipinski definition) is 1. The van der Waals surface area contributed by atoms with Gasteiger partial charge in [0.2, 0.25) is 0 Å². The highest BCUT2D eigenvalue weighted by Gasteiger charge is 2.20. The van der Waals surface area contributed by atoms with Crippen molar-refractivity contribution in [2.24, 2.45) is 0 Å². The molecule has 0 aromatic heterocycles. The molecule has 0 atom stereocenters.